The first-order valence-corrected chi connectivity index (χ1v) is 6.36. The Morgan fingerprint density at radius 3 is 2.89 bits per heavy atom. The highest BCUT2D eigenvalue weighted by Gasteiger charge is 2.07. The Bertz CT molecular complexity index is 426. The summed E-state index contributed by atoms with van der Waals surface area (Å²) in [6.07, 6.45) is 0.231. The topological polar surface area (TPSA) is 73.6 Å². The summed E-state index contributed by atoms with van der Waals surface area (Å²) in [5.41, 5.74) is 6.73. The number of benzene rings is 1. The van der Waals surface area contributed by atoms with Crippen molar-refractivity contribution in [1.29, 1.82) is 0 Å². The van der Waals surface area contributed by atoms with Crippen LogP contribution in [-0.4, -0.2) is 32.3 Å². The van der Waals surface area contributed by atoms with Crippen LogP contribution in [0.5, 0.6) is 0 Å². The molecule has 0 aliphatic heterocycles. The van der Waals surface area contributed by atoms with Crippen LogP contribution in [0.2, 0.25) is 5.02 Å². The fourth-order valence-electron chi connectivity index (χ4n) is 1.50. The zero-order valence-electron chi connectivity index (χ0n) is 11.1. The number of methoxy groups -OCH3 is 1. The van der Waals surface area contributed by atoms with Gasteiger partial charge in [-0.15, -0.1) is 0 Å². The van der Waals surface area contributed by atoms with Gasteiger partial charge in [0.05, 0.1) is 37.1 Å². The van der Waals surface area contributed by atoms with Gasteiger partial charge in [-0.05, 0) is 25.1 Å². The molecular weight excluding hydrogens is 268 g/mol. The average molecular weight is 287 g/mol. The molecular formula is C13H19ClN2O3. The summed E-state index contributed by atoms with van der Waals surface area (Å²) in [6, 6.07) is 4.93. The Morgan fingerprint density at radius 2 is 2.26 bits per heavy atom. The highest BCUT2D eigenvalue weighted by Crippen LogP contribution is 2.22. The number of rotatable bonds is 7. The van der Waals surface area contributed by atoms with Gasteiger partial charge in [-0.3, -0.25) is 4.79 Å². The van der Waals surface area contributed by atoms with Crippen LogP contribution < -0.4 is 11.1 Å². The lowest BCUT2D eigenvalue weighted by atomic mass is 10.2. The Hall–Kier alpha value is -1.30. The van der Waals surface area contributed by atoms with Crippen molar-refractivity contribution in [2.45, 2.75) is 19.4 Å². The van der Waals surface area contributed by atoms with E-state index in [1.54, 1.807) is 25.3 Å². The van der Waals surface area contributed by atoms with E-state index < -0.39 is 0 Å². The number of hydrogen-bond donors (Lipinski definition) is 2. The van der Waals surface area contributed by atoms with Gasteiger partial charge in [0.2, 0.25) is 5.91 Å². The lowest BCUT2D eigenvalue weighted by Gasteiger charge is -2.12. The summed E-state index contributed by atoms with van der Waals surface area (Å²) in [5.74, 6) is -0.154. The second-order valence-corrected chi connectivity index (χ2v) is 4.60. The Balaban J connectivity index is 2.35. The van der Waals surface area contributed by atoms with Crippen LogP contribution in [0.25, 0.3) is 0 Å². The van der Waals surface area contributed by atoms with Gasteiger partial charge in [-0.25, -0.2) is 0 Å². The molecule has 0 aromatic heterocycles. The number of halogens is 1. The van der Waals surface area contributed by atoms with E-state index in [1.807, 2.05) is 6.92 Å². The van der Waals surface area contributed by atoms with Gasteiger partial charge in [0.25, 0.3) is 0 Å². The monoisotopic (exact) mass is 286 g/mol. The number of nitrogens with two attached hydrogens (primary N) is 1. The highest BCUT2D eigenvalue weighted by molar-refractivity contribution is 6.31. The van der Waals surface area contributed by atoms with Gasteiger partial charge in [-0.2, -0.15) is 0 Å². The minimum absolute atomic E-state index is 0.0293. The smallest absolute Gasteiger partial charge is 0.226 e. The molecule has 0 aliphatic carbocycles. The maximum atomic E-state index is 11.7. The lowest BCUT2D eigenvalue weighted by Crippen LogP contribution is -2.20. The fourth-order valence-corrected chi connectivity index (χ4v) is 1.68. The van der Waals surface area contributed by atoms with Crippen LogP contribution in [0.15, 0.2) is 18.2 Å². The van der Waals surface area contributed by atoms with Crippen molar-refractivity contribution in [3.05, 3.63) is 23.2 Å². The molecule has 0 fully saturated rings. The third kappa shape index (κ3) is 5.92. The van der Waals surface area contributed by atoms with Crippen molar-refractivity contribution in [1.82, 2.24) is 0 Å². The summed E-state index contributed by atoms with van der Waals surface area (Å²) < 4.78 is 10.3. The normalized spacial score (nSPS) is 12.2. The first-order valence-electron chi connectivity index (χ1n) is 5.98. The molecule has 1 unspecified atom stereocenters. The minimum atomic E-state index is -0.154. The third-order valence-corrected chi connectivity index (χ3v) is 2.66. The molecule has 1 amide bonds. The molecule has 1 aromatic carbocycles. The maximum Gasteiger partial charge on any atom is 0.226 e. The minimum Gasteiger partial charge on any atom is -0.397 e. The van der Waals surface area contributed by atoms with Gasteiger partial charge >= 0.3 is 0 Å². The van der Waals surface area contributed by atoms with E-state index in [9.17, 15) is 4.79 Å². The molecule has 3 N–H and O–H groups in total. The molecule has 0 heterocycles. The quantitative estimate of drug-likeness (QED) is 0.754. The molecule has 1 rings (SSSR count). The van der Waals surface area contributed by atoms with Crippen molar-refractivity contribution in [3.8, 4) is 0 Å². The second kappa shape index (κ2) is 7.99. The van der Waals surface area contributed by atoms with E-state index >= 15 is 0 Å². The van der Waals surface area contributed by atoms with Crippen molar-refractivity contribution >= 4 is 28.9 Å². The average Bonchev–Trinajstić information content (AvgIpc) is 2.33. The van der Waals surface area contributed by atoms with Gasteiger partial charge in [0.15, 0.2) is 0 Å². The largest absolute Gasteiger partial charge is 0.397 e. The summed E-state index contributed by atoms with van der Waals surface area (Å²) in [4.78, 5) is 11.7. The van der Waals surface area contributed by atoms with Gasteiger partial charge in [0, 0.05) is 12.1 Å². The van der Waals surface area contributed by atoms with Crippen molar-refractivity contribution in [2.24, 2.45) is 0 Å². The van der Waals surface area contributed by atoms with Crippen molar-refractivity contribution in [3.63, 3.8) is 0 Å². The van der Waals surface area contributed by atoms with E-state index in [0.717, 1.165) is 0 Å². The molecule has 5 nitrogen and oxygen atoms in total. The van der Waals surface area contributed by atoms with E-state index in [1.165, 1.54) is 0 Å². The number of amides is 1. The molecule has 0 spiro atoms. The first-order chi connectivity index (χ1) is 9.02. The lowest BCUT2D eigenvalue weighted by molar-refractivity contribution is -0.117. The second-order valence-electron chi connectivity index (χ2n) is 4.17. The molecule has 1 atom stereocenters. The van der Waals surface area contributed by atoms with Crippen LogP contribution in [-0.2, 0) is 14.3 Å². The SMILES string of the molecule is COCC(C)OCCC(=O)Nc1ccc(Cl)cc1N. The van der Waals surface area contributed by atoms with Gasteiger partial charge < -0.3 is 20.5 Å². The van der Waals surface area contributed by atoms with Crippen molar-refractivity contribution < 1.29 is 14.3 Å². The molecule has 0 aliphatic rings. The van der Waals surface area contributed by atoms with E-state index in [0.29, 0.717) is 29.6 Å². The molecule has 19 heavy (non-hydrogen) atoms. The van der Waals surface area contributed by atoms with Crippen LogP contribution in [0.3, 0.4) is 0 Å². The number of nitrogen functional groups attached to an aromatic ring is 1. The van der Waals surface area contributed by atoms with Crippen LogP contribution in [0, 0.1) is 0 Å². The standard InChI is InChI=1S/C13H19ClN2O3/c1-9(8-18-2)19-6-5-13(17)16-12-4-3-10(14)7-11(12)15/h3-4,7,9H,5-6,8,15H2,1-2H3,(H,16,17). The molecule has 106 valence electrons. The Kier molecular flexibility index (Phi) is 6.62. The maximum absolute atomic E-state index is 11.7. The molecule has 0 saturated carbocycles. The third-order valence-electron chi connectivity index (χ3n) is 2.42. The predicted octanol–water partition coefficient (Wildman–Crippen LogP) is 2.30. The number of nitrogens with one attached hydrogen (secondary N) is 1. The van der Waals surface area contributed by atoms with Crippen molar-refractivity contribution in [2.75, 3.05) is 31.4 Å². The number of anilines is 2. The Labute approximate surface area is 118 Å². The van der Waals surface area contributed by atoms with Crippen LogP contribution in [0.4, 0.5) is 11.4 Å². The fraction of sp³-hybridized carbons (Fsp3) is 0.462. The zero-order valence-corrected chi connectivity index (χ0v) is 11.9. The number of carbonyl (C=O) groups excluding carboxylic acids is 1. The highest BCUT2D eigenvalue weighted by atomic mass is 35.5. The first kappa shape index (κ1) is 15.8. The summed E-state index contributed by atoms with van der Waals surface area (Å²) in [7, 11) is 1.61. The zero-order chi connectivity index (χ0) is 14.3. The molecule has 6 heteroatoms. The van der Waals surface area contributed by atoms with E-state index in [2.05, 4.69) is 5.32 Å². The summed E-state index contributed by atoms with van der Waals surface area (Å²) in [5, 5.41) is 3.24. The number of carbonyl (C=O) groups is 1. The Morgan fingerprint density at radius 1 is 1.53 bits per heavy atom. The number of hydrogen-bond acceptors (Lipinski definition) is 4. The van der Waals surface area contributed by atoms with Gasteiger partial charge in [0.1, 0.15) is 0 Å². The summed E-state index contributed by atoms with van der Waals surface area (Å²) >= 11 is 5.78. The molecule has 0 radical (unpaired) electrons. The van der Waals surface area contributed by atoms with Crippen LogP contribution in [0.1, 0.15) is 13.3 Å². The molecule has 1 aromatic rings. The number of ether oxygens (including phenoxy) is 2. The van der Waals surface area contributed by atoms with Gasteiger partial charge in [-0.1, -0.05) is 11.6 Å². The van der Waals surface area contributed by atoms with Crippen LogP contribution >= 0.6 is 11.6 Å². The van der Waals surface area contributed by atoms with E-state index in [-0.39, 0.29) is 18.4 Å². The summed E-state index contributed by atoms with van der Waals surface area (Å²) in [6.45, 7) is 2.73. The molecule has 0 saturated heterocycles. The molecule has 0 bridgehead atoms. The van der Waals surface area contributed by atoms with E-state index in [4.69, 9.17) is 26.8 Å². The predicted molar refractivity (Wildman–Crippen MR) is 76.4 cm³/mol.